The molecular formula is C11H14NO2. The number of carbonyl (C=O) groups is 1. The van der Waals surface area contributed by atoms with Crippen LogP contribution in [0.3, 0.4) is 0 Å². The molecule has 75 valence electrons. The molecule has 3 heteroatoms. The van der Waals surface area contributed by atoms with Gasteiger partial charge < -0.3 is 0 Å². The predicted octanol–water partition coefficient (Wildman–Crippen LogP) is 2.16. The van der Waals surface area contributed by atoms with Crippen molar-refractivity contribution in [3.8, 4) is 0 Å². The molecule has 0 aliphatic rings. The number of amides is 1. The molecule has 1 radical (unpaired) electrons. The Kier molecular flexibility index (Phi) is 4.72. The van der Waals surface area contributed by atoms with E-state index >= 15 is 0 Å². The number of benzene rings is 1. The largest absolute Gasteiger partial charge is 0.299 e. The molecule has 0 saturated carbocycles. The van der Waals surface area contributed by atoms with Crippen molar-refractivity contribution < 1.29 is 9.63 Å². The normalized spacial score (nSPS) is 9.79. The van der Waals surface area contributed by atoms with E-state index in [2.05, 4.69) is 12.4 Å². The maximum Gasteiger partial charge on any atom is 0.299 e. The number of nitrogens with zero attached hydrogens (tertiary/aromatic N) is 1. The molecule has 0 spiro atoms. The van der Waals surface area contributed by atoms with Gasteiger partial charge in [0.1, 0.15) is 0 Å². The molecule has 1 aromatic carbocycles. The monoisotopic (exact) mass is 192 g/mol. The molecule has 0 saturated heterocycles. The summed E-state index contributed by atoms with van der Waals surface area (Å²) in [6, 6.07) is 8.89. The Balaban J connectivity index is 2.29. The molecule has 0 unspecified atom stereocenters. The third-order valence-corrected chi connectivity index (χ3v) is 1.76. The zero-order valence-corrected chi connectivity index (χ0v) is 8.27. The van der Waals surface area contributed by atoms with E-state index in [1.165, 1.54) is 0 Å². The van der Waals surface area contributed by atoms with E-state index in [9.17, 15) is 4.79 Å². The minimum absolute atomic E-state index is 0.318. The minimum atomic E-state index is -0.318. The van der Waals surface area contributed by atoms with Crippen LogP contribution in [0.5, 0.6) is 0 Å². The molecule has 0 aromatic heterocycles. The van der Waals surface area contributed by atoms with Crippen LogP contribution in [-0.2, 0) is 4.84 Å². The summed E-state index contributed by atoms with van der Waals surface area (Å²) in [5.41, 5.74) is 4.05. The molecule has 1 rings (SSSR count). The summed E-state index contributed by atoms with van der Waals surface area (Å²) in [6.07, 6.45) is 1.96. The fourth-order valence-corrected chi connectivity index (χ4v) is 0.947. The predicted molar refractivity (Wildman–Crippen MR) is 53.8 cm³/mol. The Bertz CT molecular complexity index is 272. The van der Waals surface area contributed by atoms with Crippen LogP contribution >= 0.6 is 0 Å². The highest BCUT2D eigenvalue weighted by molar-refractivity contribution is 5.93. The Morgan fingerprint density at radius 1 is 1.36 bits per heavy atom. The SMILES string of the molecule is CCCCO[N]C(=O)c1ccccc1. The van der Waals surface area contributed by atoms with E-state index in [-0.39, 0.29) is 5.91 Å². The molecule has 0 atom stereocenters. The van der Waals surface area contributed by atoms with Gasteiger partial charge in [-0.05, 0) is 18.6 Å². The molecule has 14 heavy (non-hydrogen) atoms. The van der Waals surface area contributed by atoms with E-state index < -0.39 is 0 Å². The summed E-state index contributed by atoms with van der Waals surface area (Å²) >= 11 is 0. The fourth-order valence-electron chi connectivity index (χ4n) is 0.947. The lowest BCUT2D eigenvalue weighted by Crippen LogP contribution is -2.16. The van der Waals surface area contributed by atoms with Gasteiger partial charge in [0.2, 0.25) is 0 Å². The molecule has 3 nitrogen and oxygen atoms in total. The highest BCUT2D eigenvalue weighted by Crippen LogP contribution is 1.98. The molecule has 1 amide bonds. The van der Waals surface area contributed by atoms with Crippen molar-refractivity contribution in [1.29, 1.82) is 0 Å². The number of unbranched alkanes of at least 4 members (excludes halogenated alkanes) is 1. The van der Waals surface area contributed by atoms with Crippen molar-refractivity contribution in [2.24, 2.45) is 0 Å². The van der Waals surface area contributed by atoms with E-state index in [0.717, 1.165) is 12.8 Å². The van der Waals surface area contributed by atoms with Gasteiger partial charge in [-0.1, -0.05) is 37.0 Å². The van der Waals surface area contributed by atoms with Crippen LogP contribution in [-0.4, -0.2) is 12.5 Å². The van der Waals surface area contributed by atoms with Gasteiger partial charge in [0.05, 0.1) is 6.61 Å². The molecule has 0 aliphatic heterocycles. The summed E-state index contributed by atoms with van der Waals surface area (Å²) in [5, 5.41) is 0. The van der Waals surface area contributed by atoms with Crippen molar-refractivity contribution in [2.75, 3.05) is 6.61 Å². The first-order valence-corrected chi connectivity index (χ1v) is 4.77. The van der Waals surface area contributed by atoms with Crippen molar-refractivity contribution >= 4 is 5.91 Å². The Morgan fingerprint density at radius 3 is 2.71 bits per heavy atom. The number of hydroxylamine groups is 1. The van der Waals surface area contributed by atoms with Crippen LogP contribution in [0.2, 0.25) is 0 Å². The van der Waals surface area contributed by atoms with Gasteiger partial charge in [0.15, 0.2) is 0 Å². The average Bonchev–Trinajstić information content (AvgIpc) is 2.25. The van der Waals surface area contributed by atoms with Gasteiger partial charge in [0.25, 0.3) is 5.91 Å². The van der Waals surface area contributed by atoms with Crippen molar-refractivity contribution in [2.45, 2.75) is 19.8 Å². The van der Waals surface area contributed by atoms with E-state index in [0.29, 0.717) is 12.2 Å². The van der Waals surface area contributed by atoms with Gasteiger partial charge in [-0.25, -0.2) is 4.84 Å². The van der Waals surface area contributed by atoms with E-state index in [1.807, 2.05) is 6.07 Å². The lowest BCUT2D eigenvalue weighted by atomic mass is 10.2. The molecule has 0 fully saturated rings. The highest BCUT2D eigenvalue weighted by Gasteiger charge is 2.05. The van der Waals surface area contributed by atoms with Crippen molar-refractivity contribution in [3.63, 3.8) is 0 Å². The molecule has 0 N–H and O–H groups in total. The summed E-state index contributed by atoms with van der Waals surface area (Å²) in [4.78, 5) is 16.2. The molecule has 0 aliphatic carbocycles. The summed E-state index contributed by atoms with van der Waals surface area (Å²) in [7, 11) is 0. The van der Waals surface area contributed by atoms with E-state index in [1.54, 1.807) is 24.3 Å². The number of rotatable bonds is 5. The Hall–Kier alpha value is -1.35. The second kappa shape index (κ2) is 6.16. The minimum Gasteiger partial charge on any atom is -0.265 e. The van der Waals surface area contributed by atoms with Crippen LogP contribution < -0.4 is 5.48 Å². The van der Waals surface area contributed by atoms with Crippen LogP contribution in [0.4, 0.5) is 0 Å². The topological polar surface area (TPSA) is 40.4 Å². The lowest BCUT2D eigenvalue weighted by Gasteiger charge is -2.00. The van der Waals surface area contributed by atoms with Gasteiger partial charge in [-0.3, -0.25) is 4.79 Å². The molecule has 0 bridgehead atoms. The Morgan fingerprint density at radius 2 is 2.07 bits per heavy atom. The van der Waals surface area contributed by atoms with Gasteiger partial charge in [0, 0.05) is 5.56 Å². The second-order valence-electron chi connectivity index (χ2n) is 2.95. The zero-order chi connectivity index (χ0) is 10.2. The number of hydrogen-bond acceptors (Lipinski definition) is 2. The first-order valence-electron chi connectivity index (χ1n) is 4.77. The molecule has 0 heterocycles. The lowest BCUT2D eigenvalue weighted by molar-refractivity contribution is 0.0252. The van der Waals surface area contributed by atoms with Crippen molar-refractivity contribution in [1.82, 2.24) is 5.48 Å². The molecular weight excluding hydrogens is 178 g/mol. The molecule has 1 aromatic rings. The zero-order valence-electron chi connectivity index (χ0n) is 8.27. The average molecular weight is 192 g/mol. The van der Waals surface area contributed by atoms with E-state index in [4.69, 9.17) is 4.84 Å². The van der Waals surface area contributed by atoms with Gasteiger partial charge in [-0.2, -0.15) is 0 Å². The fraction of sp³-hybridized carbons (Fsp3) is 0.364. The first-order chi connectivity index (χ1) is 6.84. The number of carbonyl (C=O) groups excluding carboxylic acids is 1. The number of hydrogen-bond donors (Lipinski definition) is 0. The standard InChI is InChI=1S/C11H14NO2/c1-2-3-9-14-12-11(13)10-7-5-4-6-8-10/h4-8H,2-3,9H2,1H3. The van der Waals surface area contributed by atoms with Gasteiger partial charge in [-0.15, -0.1) is 0 Å². The van der Waals surface area contributed by atoms with Crippen LogP contribution in [0.25, 0.3) is 0 Å². The third-order valence-electron chi connectivity index (χ3n) is 1.76. The third kappa shape index (κ3) is 3.58. The summed E-state index contributed by atoms with van der Waals surface area (Å²) in [6.45, 7) is 2.57. The first kappa shape index (κ1) is 10.7. The van der Waals surface area contributed by atoms with Crippen LogP contribution in [0.1, 0.15) is 30.1 Å². The highest BCUT2D eigenvalue weighted by atomic mass is 16.6. The van der Waals surface area contributed by atoms with Crippen LogP contribution in [0, 0.1) is 0 Å². The quantitative estimate of drug-likeness (QED) is 0.530. The van der Waals surface area contributed by atoms with Gasteiger partial charge >= 0.3 is 0 Å². The maximum absolute atomic E-state index is 11.3. The summed E-state index contributed by atoms with van der Waals surface area (Å²) < 4.78 is 0. The van der Waals surface area contributed by atoms with Crippen LogP contribution in [0.15, 0.2) is 30.3 Å². The Labute approximate surface area is 84.0 Å². The smallest absolute Gasteiger partial charge is 0.265 e. The maximum atomic E-state index is 11.3. The van der Waals surface area contributed by atoms with Crippen molar-refractivity contribution in [3.05, 3.63) is 35.9 Å². The second-order valence-corrected chi connectivity index (χ2v) is 2.95. The summed E-state index contributed by atoms with van der Waals surface area (Å²) in [5.74, 6) is -0.318.